The van der Waals surface area contributed by atoms with Gasteiger partial charge in [0.15, 0.2) is 0 Å². The van der Waals surface area contributed by atoms with Gasteiger partial charge in [0.05, 0.1) is 28.3 Å². The third kappa shape index (κ3) is 4.21. The highest BCUT2D eigenvalue weighted by Gasteiger charge is 2.28. The van der Waals surface area contributed by atoms with E-state index in [2.05, 4.69) is 5.32 Å². The van der Waals surface area contributed by atoms with Crippen LogP contribution in [-0.4, -0.2) is 38.8 Å². The second-order valence-electron chi connectivity index (χ2n) is 6.05. The molecule has 0 unspecified atom stereocenters. The van der Waals surface area contributed by atoms with Gasteiger partial charge in [-0.3, -0.25) is 4.79 Å². The highest BCUT2D eigenvalue weighted by molar-refractivity contribution is 7.89. The molecule has 1 heterocycles. The van der Waals surface area contributed by atoms with Crippen LogP contribution in [0.3, 0.4) is 0 Å². The maximum Gasteiger partial charge on any atom is 0.259 e. The molecule has 1 fully saturated rings. The number of hydrogen-bond donors (Lipinski definition) is 1. The van der Waals surface area contributed by atoms with Gasteiger partial charge in [-0.15, -0.1) is 0 Å². The molecule has 9 heteroatoms. The second-order valence-corrected chi connectivity index (χ2v) is 8.83. The molecule has 144 valence electrons. The van der Waals surface area contributed by atoms with E-state index < -0.39 is 15.9 Å². The van der Waals surface area contributed by atoms with Gasteiger partial charge in [0, 0.05) is 18.1 Å². The fraction of sp³-hybridized carbons (Fsp3) is 0.278. The van der Waals surface area contributed by atoms with Crippen molar-refractivity contribution in [3.8, 4) is 5.75 Å². The zero-order valence-electron chi connectivity index (χ0n) is 14.5. The van der Waals surface area contributed by atoms with E-state index in [0.29, 0.717) is 28.8 Å². The molecule has 0 bridgehead atoms. The summed E-state index contributed by atoms with van der Waals surface area (Å²) in [5, 5.41) is 3.37. The summed E-state index contributed by atoms with van der Waals surface area (Å²) < 4.78 is 32.2. The first kappa shape index (κ1) is 19.9. The molecule has 27 heavy (non-hydrogen) atoms. The van der Waals surface area contributed by atoms with Crippen LogP contribution >= 0.6 is 23.2 Å². The highest BCUT2D eigenvalue weighted by Crippen LogP contribution is 2.29. The molecule has 1 aliphatic rings. The number of methoxy groups -OCH3 is 1. The van der Waals surface area contributed by atoms with Crippen molar-refractivity contribution in [2.75, 3.05) is 25.5 Å². The van der Waals surface area contributed by atoms with Crippen LogP contribution in [0.2, 0.25) is 10.0 Å². The first-order chi connectivity index (χ1) is 12.8. The average Bonchev–Trinajstić information content (AvgIpc) is 3.19. The Bertz CT molecular complexity index is 973. The number of anilines is 1. The van der Waals surface area contributed by atoms with E-state index in [1.54, 1.807) is 12.1 Å². The Morgan fingerprint density at radius 2 is 1.81 bits per heavy atom. The van der Waals surface area contributed by atoms with Crippen LogP contribution in [0.5, 0.6) is 5.75 Å². The van der Waals surface area contributed by atoms with E-state index in [9.17, 15) is 13.2 Å². The number of amides is 1. The van der Waals surface area contributed by atoms with Crippen LogP contribution in [0.15, 0.2) is 41.3 Å². The zero-order chi connectivity index (χ0) is 19.6. The fourth-order valence-corrected chi connectivity index (χ4v) is 4.77. The molecule has 1 aliphatic heterocycles. The Kier molecular flexibility index (Phi) is 5.95. The predicted molar refractivity (Wildman–Crippen MR) is 105 cm³/mol. The van der Waals surface area contributed by atoms with Crippen molar-refractivity contribution in [2.24, 2.45) is 0 Å². The maximum absolute atomic E-state index is 12.8. The number of carbonyl (C=O) groups is 1. The molecule has 1 N–H and O–H groups in total. The SMILES string of the molecule is COc1ccc(S(=O)(=O)N2CCCC2)cc1C(=O)Nc1cc(Cl)ccc1Cl. The summed E-state index contributed by atoms with van der Waals surface area (Å²) in [5.41, 5.74) is 0.415. The van der Waals surface area contributed by atoms with Crippen LogP contribution in [0.1, 0.15) is 23.2 Å². The number of benzene rings is 2. The quantitative estimate of drug-likeness (QED) is 0.779. The molecule has 0 saturated carbocycles. The summed E-state index contributed by atoms with van der Waals surface area (Å²) in [7, 11) is -2.25. The number of nitrogens with one attached hydrogen (secondary N) is 1. The number of hydrogen-bond acceptors (Lipinski definition) is 4. The molecular formula is C18H18Cl2N2O4S. The fourth-order valence-electron chi connectivity index (χ4n) is 2.89. The van der Waals surface area contributed by atoms with E-state index in [1.165, 1.54) is 35.7 Å². The van der Waals surface area contributed by atoms with Crippen molar-refractivity contribution in [1.82, 2.24) is 4.31 Å². The lowest BCUT2D eigenvalue weighted by molar-refractivity contribution is 0.102. The van der Waals surface area contributed by atoms with Crippen molar-refractivity contribution in [1.29, 1.82) is 0 Å². The third-order valence-corrected chi connectivity index (χ3v) is 6.75. The Labute approximate surface area is 168 Å². The van der Waals surface area contributed by atoms with Crippen LogP contribution in [0.4, 0.5) is 5.69 Å². The second kappa shape index (κ2) is 8.06. The number of carbonyl (C=O) groups excluding carboxylic acids is 1. The smallest absolute Gasteiger partial charge is 0.259 e. The zero-order valence-corrected chi connectivity index (χ0v) is 16.9. The Morgan fingerprint density at radius 3 is 2.48 bits per heavy atom. The molecule has 1 amide bonds. The minimum absolute atomic E-state index is 0.0486. The topological polar surface area (TPSA) is 75.7 Å². The van der Waals surface area contributed by atoms with Gasteiger partial charge in [-0.05, 0) is 49.2 Å². The lowest BCUT2D eigenvalue weighted by atomic mass is 10.2. The highest BCUT2D eigenvalue weighted by atomic mass is 35.5. The van der Waals surface area contributed by atoms with E-state index in [-0.39, 0.29) is 16.2 Å². The Morgan fingerprint density at radius 1 is 1.11 bits per heavy atom. The molecule has 2 aromatic rings. The molecule has 0 aliphatic carbocycles. The summed E-state index contributed by atoms with van der Waals surface area (Å²) in [6.07, 6.45) is 1.66. The molecule has 0 aromatic heterocycles. The number of ether oxygens (including phenoxy) is 1. The molecule has 6 nitrogen and oxygen atoms in total. The molecule has 1 saturated heterocycles. The monoisotopic (exact) mass is 428 g/mol. The van der Waals surface area contributed by atoms with Gasteiger partial charge in [-0.2, -0.15) is 4.31 Å². The van der Waals surface area contributed by atoms with E-state index in [1.807, 2.05) is 0 Å². The van der Waals surface area contributed by atoms with Crippen molar-refractivity contribution in [3.63, 3.8) is 0 Å². The van der Waals surface area contributed by atoms with Gasteiger partial charge in [0.2, 0.25) is 10.0 Å². The summed E-state index contributed by atoms with van der Waals surface area (Å²) >= 11 is 12.0. The summed E-state index contributed by atoms with van der Waals surface area (Å²) in [5.74, 6) is -0.291. The van der Waals surface area contributed by atoms with Gasteiger partial charge in [-0.25, -0.2) is 8.42 Å². The van der Waals surface area contributed by atoms with E-state index in [4.69, 9.17) is 27.9 Å². The molecular weight excluding hydrogens is 411 g/mol. The molecule has 3 rings (SSSR count). The van der Waals surface area contributed by atoms with Crippen LogP contribution < -0.4 is 10.1 Å². The number of halogens is 2. The first-order valence-electron chi connectivity index (χ1n) is 8.27. The Balaban J connectivity index is 1.96. The lowest BCUT2D eigenvalue weighted by Gasteiger charge is -2.17. The van der Waals surface area contributed by atoms with Gasteiger partial charge in [0.25, 0.3) is 5.91 Å². The lowest BCUT2D eigenvalue weighted by Crippen LogP contribution is -2.28. The average molecular weight is 429 g/mol. The first-order valence-corrected chi connectivity index (χ1v) is 10.5. The standard InChI is InChI=1S/C18H18Cl2N2O4S/c1-26-17-7-5-13(27(24,25)22-8-2-3-9-22)11-14(17)18(23)21-16-10-12(19)4-6-15(16)20/h4-7,10-11H,2-3,8-9H2,1H3,(H,21,23). The van der Waals surface area contributed by atoms with Gasteiger partial charge >= 0.3 is 0 Å². The number of sulfonamides is 1. The summed E-state index contributed by atoms with van der Waals surface area (Å²) in [6, 6.07) is 8.90. The van der Waals surface area contributed by atoms with Gasteiger partial charge < -0.3 is 10.1 Å². The number of nitrogens with zero attached hydrogens (tertiary/aromatic N) is 1. The van der Waals surface area contributed by atoms with Crippen LogP contribution in [-0.2, 0) is 10.0 Å². The van der Waals surface area contributed by atoms with Gasteiger partial charge in [-0.1, -0.05) is 23.2 Å². The van der Waals surface area contributed by atoms with Crippen LogP contribution in [0, 0.1) is 0 Å². The van der Waals surface area contributed by atoms with Crippen molar-refractivity contribution >= 4 is 44.8 Å². The molecule has 0 radical (unpaired) electrons. The predicted octanol–water partition coefficient (Wildman–Crippen LogP) is 4.04. The molecule has 0 atom stereocenters. The minimum atomic E-state index is -3.66. The van der Waals surface area contributed by atoms with Crippen molar-refractivity contribution in [2.45, 2.75) is 17.7 Å². The Hall–Kier alpha value is -1.80. The maximum atomic E-state index is 12.8. The summed E-state index contributed by atoms with van der Waals surface area (Å²) in [4.78, 5) is 12.8. The molecule has 2 aromatic carbocycles. The van der Waals surface area contributed by atoms with Crippen LogP contribution in [0.25, 0.3) is 0 Å². The third-order valence-electron chi connectivity index (χ3n) is 4.29. The van der Waals surface area contributed by atoms with Gasteiger partial charge in [0.1, 0.15) is 5.75 Å². The minimum Gasteiger partial charge on any atom is -0.496 e. The van der Waals surface area contributed by atoms with E-state index >= 15 is 0 Å². The van der Waals surface area contributed by atoms with Crippen molar-refractivity contribution in [3.05, 3.63) is 52.0 Å². The summed E-state index contributed by atoms with van der Waals surface area (Å²) in [6.45, 7) is 0.960. The van der Waals surface area contributed by atoms with E-state index in [0.717, 1.165) is 12.8 Å². The normalized spacial score (nSPS) is 14.9. The van der Waals surface area contributed by atoms with Crippen molar-refractivity contribution < 1.29 is 17.9 Å². The molecule has 0 spiro atoms. The largest absolute Gasteiger partial charge is 0.496 e. The number of rotatable bonds is 5.